The molecule has 0 radical (unpaired) electrons. The Morgan fingerprint density at radius 3 is 2.45 bits per heavy atom. The molecule has 1 unspecified atom stereocenters. The number of esters is 1. The Morgan fingerprint density at radius 1 is 1.19 bits per heavy atom. The molecule has 0 aromatic heterocycles. The lowest BCUT2D eigenvalue weighted by Crippen LogP contribution is -2.48. The third kappa shape index (κ3) is 8.07. The van der Waals surface area contributed by atoms with Gasteiger partial charge in [-0.05, 0) is 57.8 Å². The molecule has 0 aromatic rings. The average molecular weight is 461 g/mol. The van der Waals surface area contributed by atoms with Crippen molar-refractivity contribution in [1.82, 2.24) is 5.32 Å². The van der Waals surface area contributed by atoms with E-state index in [4.69, 9.17) is 15.0 Å². The summed E-state index contributed by atoms with van der Waals surface area (Å²) in [5.74, 6) is -2.38. The van der Waals surface area contributed by atoms with Crippen LogP contribution in [-0.2, 0) is 29.1 Å². The van der Waals surface area contributed by atoms with Gasteiger partial charge in [-0.3, -0.25) is 14.4 Å². The second kappa shape index (κ2) is 11.3. The van der Waals surface area contributed by atoms with Crippen molar-refractivity contribution in [1.29, 1.82) is 0 Å². The van der Waals surface area contributed by atoms with Crippen molar-refractivity contribution in [3.05, 3.63) is 0 Å². The summed E-state index contributed by atoms with van der Waals surface area (Å²) in [6.07, 6.45) is 6.22. The maximum atomic E-state index is 13.4. The summed E-state index contributed by atoms with van der Waals surface area (Å²) < 4.78 is 28.5. The van der Waals surface area contributed by atoms with Gasteiger partial charge in [-0.25, -0.2) is 13.6 Å². The summed E-state index contributed by atoms with van der Waals surface area (Å²) in [6, 6.07) is -0.121. The number of primary sulfonamides is 1. The topological polar surface area (TPSA) is 153 Å². The average Bonchev–Trinajstić information content (AvgIpc) is 3.15. The van der Waals surface area contributed by atoms with Crippen molar-refractivity contribution >= 4 is 27.9 Å². The Kier molecular flexibility index (Phi) is 9.29. The van der Waals surface area contributed by atoms with Gasteiger partial charge in [-0.1, -0.05) is 19.3 Å². The van der Waals surface area contributed by atoms with Gasteiger partial charge in [0.1, 0.15) is 0 Å². The first-order valence-electron chi connectivity index (χ1n) is 11.2. The largest absolute Gasteiger partial charge is 0.481 e. The SMILES string of the molecule is CCOC(=O)[C@H]1CCC[C@@H](NC(=O)C2(CC(CCC(=O)O)CS(N)(=O)=O)CCCC2)C1. The molecule has 0 aliphatic heterocycles. The summed E-state index contributed by atoms with van der Waals surface area (Å²) in [5, 5.41) is 17.4. The fourth-order valence-electron chi connectivity index (χ4n) is 5.16. The first kappa shape index (κ1) is 25.6. The molecule has 2 saturated carbocycles. The van der Waals surface area contributed by atoms with E-state index < -0.39 is 27.3 Å². The van der Waals surface area contributed by atoms with Crippen molar-refractivity contribution < 1.29 is 32.6 Å². The third-order valence-electron chi connectivity index (χ3n) is 6.59. The highest BCUT2D eigenvalue weighted by molar-refractivity contribution is 7.89. The number of hydrogen-bond donors (Lipinski definition) is 3. The van der Waals surface area contributed by atoms with Gasteiger partial charge < -0.3 is 15.2 Å². The predicted octanol–water partition coefficient (Wildman–Crippen LogP) is 1.94. The van der Waals surface area contributed by atoms with Crippen LogP contribution in [0.3, 0.4) is 0 Å². The maximum absolute atomic E-state index is 13.4. The molecular formula is C21H36N2O7S. The number of rotatable bonds is 11. The lowest BCUT2D eigenvalue weighted by Gasteiger charge is -2.35. The number of ether oxygens (including phenoxy) is 1. The zero-order chi connectivity index (χ0) is 23.1. The number of carboxylic acid groups (broad SMARTS) is 1. The van der Waals surface area contributed by atoms with E-state index in [2.05, 4.69) is 5.32 Å². The zero-order valence-corrected chi connectivity index (χ0v) is 19.1. The van der Waals surface area contributed by atoms with Crippen molar-refractivity contribution in [2.75, 3.05) is 12.4 Å². The van der Waals surface area contributed by atoms with Gasteiger partial charge in [0.2, 0.25) is 15.9 Å². The molecule has 31 heavy (non-hydrogen) atoms. The number of nitrogens with one attached hydrogen (secondary N) is 1. The summed E-state index contributed by atoms with van der Waals surface area (Å²) >= 11 is 0. The number of amides is 1. The van der Waals surface area contributed by atoms with Gasteiger partial charge in [-0.2, -0.15) is 0 Å². The van der Waals surface area contributed by atoms with Crippen molar-refractivity contribution in [2.45, 2.75) is 83.6 Å². The van der Waals surface area contributed by atoms with E-state index in [0.29, 0.717) is 32.3 Å². The lowest BCUT2D eigenvalue weighted by molar-refractivity contribution is -0.150. The molecule has 1 amide bonds. The zero-order valence-electron chi connectivity index (χ0n) is 18.3. The number of nitrogens with two attached hydrogens (primary N) is 1. The van der Waals surface area contributed by atoms with Crippen LogP contribution in [0.15, 0.2) is 0 Å². The maximum Gasteiger partial charge on any atom is 0.308 e. The summed E-state index contributed by atoms with van der Waals surface area (Å²) in [4.78, 5) is 36.5. The number of carboxylic acids is 1. The van der Waals surface area contributed by atoms with Gasteiger partial charge in [0.05, 0.1) is 18.3 Å². The van der Waals surface area contributed by atoms with Crippen LogP contribution in [0, 0.1) is 17.3 Å². The molecule has 2 aliphatic carbocycles. The highest BCUT2D eigenvalue weighted by atomic mass is 32.2. The minimum atomic E-state index is -3.79. The molecule has 3 atom stereocenters. The van der Waals surface area contributed by atoms with E-state index in [-0.39, 0.29) is 42.4 Å². The standard InChI is InChI=1S/C21H36N2O7S/c1-2-30-19(26)16-6-5-7-17(12-16)23-20(27)21(10-3-4-11-21)13-15(8-9-18(24)25)14-31(22,28)29/h15-17H,2-14H2,1H3,(H,23,27)(H,24,25)(H2,22,28,29)/t15?,16-,17+/m0/s1. The van der Waals surface area contributed by atoms with Crippen LogP contribution in [0.1, 0.15) is 77.6 Å². The molecule has 0 heterocycles. The highest BCUT2D eigenvalue weighted by Gasteiger charge is 2.44. The van der Waals surface area contributed by atoms with Crippen LogP contribution in [0.4, 0.5) is 0 Å². The van der Waals surface area contributed by atoms with E-state index in [9.17, 15) is 22.8 Å². The fourth-order valence-corrected chi connectivity index (χ4v) is 6.10. The molecule has 9 nitrogen and oxygen atoms in total. The highest BCUT2D eigenvalue weighted by Crippen LogP contribution is 2.45. The van der Waals surface area contributed by atoms with Gasteiger partial charge in [-0.15, -0.1) is 0 Å². The van der Waals surface area contributed by atoms with E-state index in [0.717, 1.165) is 32.1 Å². The summed E-state index contributed by atoms with van der Waals surface area (Å²) in [5.41, 5.74) is -0.718. The van der Waals surface area contributed by atoms with Crippen LogP contribution in [0.5, 0.6) is 0 Å². The molecule has 2 aliphatic rings. The molecule has 0 saturated heterocycles. The van der Waals surface area contributed by atoms with E-state index in [1.165, 1.54) is 0 Å². The molecule has 4 N–H and O–H groups in total. The van der Waals surface area contributed by atoms with Gasteiger partial charge in [0, 0.05) is 17.9 Å². The van der Waals surface area contributed by atoms with Crippen molar-refractivity contribution in [3.8, 4) is 0 Å². The van der Waals surface area contributed by atoms with Gasteiger partial charge >= 0.3 is 11.9 Å². The second-order valence-electron chi connectivity index (χ2n) is 9.11. The Bertz CT molecular complexity index is 747. The van der Waals surface area contributed by atoms with Gasteiger partial charge in [0.25, 0.3) is 0 Å². The van der Waals surface area contributed by atoms with Crippen molar-refractivity contribution in [3.63, 3.8) is 0 Å². The van der Waals surface area contributed by atoms with Crippen LogP contribution in [0.2, 0.25) is 0 Å². The van der Waals surface area contributed by atoms with E-state index >= 15 is 0 Å². The first-order chi connectivity index (χ1) is 14.5. The predicted molar refractivity (Wildman–Crippen MR) is 114 cm³/mol. The molecule has 10 heteroatoms. The molecule has 0 spiro atoms. The monoisotopic (exact) mass is 460 g/mol. The summed E-state index contributed by atoms with van der Waals surface area (Å²) in [7, 11) is -3.79. The summed E-state index contributed by atoms with van der Waals surface area (Å²) in [6.45, 7) is 2.10. The number of aliphatic carboxylic acids is 1. The molecule has 0 bridgehead atoms. The van der Waals surface area contributed by atoms with Crippen LogP contribution in [-0.4, -0.2) is 49.8 Å². The second-order valence-corrected chi connectivity index (χ2v) is 10.8. The van der Waals surface area contributed by atoms with E-state index in [1.807, 2.05) is 0 Å². The van der Waals surface area contributed by atoms with Gasteiger partial charge in [0.15, 0.2) is 0 Å². The van der Waals surface area contributed by atoms with E-state index in [1.54, 1.807) is 6.92 Å². The van der Waals surface area contributed by atoms with Crippen LogP contribution in [0.25, 0.3) is 0 Å². The molecule has 0 aromatic carbocycles. The van der Waals surface area contributed by atoms with Crippen molar-refractivity contribution in [2.24, 2.45) is 22.4 Å². The minimum Gasteiger partial charge on any atom is -0.481 e. The smallest absolute Gasteiger partial charge is 0.308 e. The Balaban J connectivity index is 2.08. The Labute approximate surface area is 184 Å². The van der Waals surface area contributed by atoms with Crippen LogP contribution >= 0.6 is 0 Å². The molecule has 2 rings (SSSR count). The fraction of sp³-hybridized carbons (Fsp3) is 0.857. The molecule has 2 fully saturated rings. The molecular weight excluding hydrogens is 424 g/mol. The quantitative estimate of drug-likeness (QED) is 0.398. The Hall–Kier alpha value is -1.68. The van der Waals surface area contributed by atoms with Crippen LogP contribution < -0.4 is 10.5 Å². The number of sulfonamides is 1. The number of hydrogen-bond acceptors (Lipinski definition) is 6. The number of carbonyl (C=O) groups excluding carboxylic acids is 2. The first-order valence-corrected chi connectivity index (χ1v) is 13.0. The third-order valence-corrected chi connectivity index (χ3v) is 7.52. The minimum absolute atomic E-state index is 0.116. The normalized spacial score (nSPS) is 24.3. The Morgan fingerprint density at radius 2 is 1.87 bits per heavy atom. The molecule has 178 valence electrons. The lowest BCUT2D eigenvalue weighted by atomic mass is 9.75. The number of carbonyl (C=O) groups is 3.